The molecule has 0 radical (unpaired) electrons. The van der Waals surface area contributed by atoms with Crippen LogP contribution in [-0.4, -0.2) is 10.4 Å². The summed E-state index contributed by atoms with van der Waals surface area (Å²) in [5.74, 6) is -0.795. The molecule has 0 amide bonds. The smallest absolute Gasteiger partial charge is 0.198 e. The fraction of sp³-hybridized carbons (Fsp3) is 0.0455. The molecule has 4 rings (SSSR count). The number of ketones is 1. The van der Waals surface area contributed by atoms with E-state index in [2.05, 4.69) is 15.9 Å². The Labute approximate surface area is 159 Å². The van der Waals surface area contributed by atoms with Gasteiger partial charge in [-0.3, -0.25) is 4.79 Å². The van der Waals surface area contributed by atoms with Crippen molar-refractivity contribution < 1.29 is 9.18 Å². The van der Waals surface area contributed by atoms with E-state index in [1.54, 1.807) is 12.1 Å². The minimum Gasteiger partial charge on any atom is -0.342 e. The van der Waals surface area contributed by atoms with Gasteiger partial charge in [-0.15, -0.1) is 0 Å². The summed E-state index contributed by atoms with van der Waals surface area (Å²) in [4.78, 5) is 12.9. The average Bonchev–Trinajstić information content (AvgIpc) is 3.02. The lowest BCUT2D eigenvalue weighted by Gasteiger charge is -2.05. The van der Waals surface area contributed by atoms with Crippen molar-refractivity contribution in [3.05, 3.63) is 106 Å². The molecule has 0 saturated heterocycles. The molecule has 128 valence electrons. The monoisotopic (exact) mass is 407 g/mol. The topological polar surface area (TPSA) is 22.0 Å². The number of aromatic nitrogens is 1. The van der Waals surface area contributed by atoms with Crippen molar-refractivity contribution in [3.8, 4) is 0 Å². The summed E-state index contributed by atoms with van der Waals surface area (Å²) in [6.07, 6.45) is 1.82. The number of para-hydroxylation sites is 1. The van der Waals surface area contributed by atoms with E-state index in [1.165, 1.54) is 12.1 Å². The maximum Gasteiger partial charge on any atom is 0.198 e. The van der Waals surface area contributed by atoms with Crippen molar-refractivity contribution >= 4 is 32.6 Å². The van der Waals surface area contributed by atoms with Crippen LogP contribution in [0.4, 0.5) is 4.39 Å². The summed E-state index contributed by atoms with van der Waals surface area (Å²) < 4.78 is 17.1. The van der Waals surface area contributed by atoms with E-state index in [9.17, 15) is 9.18 Å². The van der Waals surface area contributed by atoms with Crippen molar-refractivity contribution in [1.82, 2.24) is 4.57 Å². The molecule has 4 aromatic rings. The SMILES string of the molecule is O=C(c1ccccc1F)c1cn(Cc2ccc(Br)cc2)c2ccccc12. The van der Waals surface area contributed by atoms with Crippen LogP contribution in [0.15, 0.2) is 83.5 Å². The first-order chi connectivity index (χ1) is 12.6. The Morgan fingerprint density at radius 3 is 2.35 bits per heavy atom. The van der Waals surface area contributed by atoms with Gasteiger partial charge in [0.15, 0.2) is 5.78 Å². The van der Waals surface area contributed by atoms with Crippen LogP contribution in [0.5, 0.6) is 0 Å². The number of benzene rings is 3. The van der Waals surface area contributed by atoms with E-state index >= 15 is 0 Å². The first kappa shape index (κ1) is 16.7. The van der Waals surface area contributed by atoms with Crippen LogP contribution in [0.1, 0.15) is 21.5 Å². The third-order valence-corrected chi connectivity index (χ3v) is 4.95. The molecule has 4 heteroatoms. The Hall–Kier alpha value is -2.72. The lowest BCUT2D eigenvalue weighted by Crippen LogP contribution is -2.04. The van der Waals surface area contributed by atoms with E-state index in [4.69, 9.17) is 0 Å². The second kappa shape index (κ2) is 6.89. The first-order valence-electron chi connectivity index (χ1n) is 8.25. The van der Waals surface area contributed by atoms with E-state index in [0.29, 0.717) is 12.1 Å². The highest BCUT2D eigenvalue weighted by Crippen LogP contribution is 2.26. The van der Waals surface area contributed by atoms with Gasteiger partial charge in [-0.25, -0.2) is 4.39 Å². The zero-order valence-electron chi connectivity index (χ0n) is 13.8. The van der Waals surface area contributed by atoms with E-state index < -0.39 is 5.82 Å². The van der Waals surface area contributed by atoms with Gasteiger partial charge >= 0.3 is 0 Å². The van der Waals surface area contributed by atoms with Gasteiger partial charge < -0.3 is 4.57 Å². The molecule has 26 heavy (non-hydrogen) atoms. The number of fused-ring (bicyclic) bond motifs is 1. The molecule has 0 saturated carbocycles. The zero-order valence-corrected chi connectivity index (χ0v) is 15.4. The third-order valence-electron chi connectivity index (χ3n) is 4.42. The second-order valence-corrected chi connectivity index (χ2v) is 7.04. The highest BCUT2D eigenvalue weighted by Gasteiger charge is 2.19. The van der Waals surface area contributed by atoms with E-state index in [-0.39, 0.29) is 11.3 Å². The van der Waals surface area contributed by atoms with Gasteiger partial charge in [0.1, 0.15) is 5.82 Å². The molecule has 1 heterocycles. The maximum absolute atomic E-state index is 14.1. The largest absolute Gasteiger partial charge is 0.342 e. The summed E-state index contributed by atoms with van der Waals surface area (Å²) in [7, 11) is 0. The average molecular weight is 408 g/mol. The van der Waals surface area contributed by atoms with Gasteiger partial charge in [0.25, 0.3) is 0 Å². The highest BCUT2D eigenvalue weighted by molar-refractivity contribution is 9.10. The molecule has 0 N–H and O–H groups in total. The molecule has 0 spiro atoms. The molecule has 1 aromatic heterocycles. The molecule has 0 aliphatic heterocycles. The number of rotatable bonds is 4. The molecular formula is C22H15BrFNO. The van der Waals surface area contributed by atoms with Crippen molar-refractivity contribution in [3.63, 3.8) is 0 Å². The Bertz CT molecular complexity index is 1100. The fourth-order valence-electron chi connectivity index (χ4n) is 3.14. The van der Waals surface area contributed by atoms with E-state index in [1.807, 2.05) is 59.3 Å². The second-order valence-electron chi connectivity index (χ2n) is 6.12. The minimum absolute atomic E-state index is 0.0963. The lowest BCUT2D eigenvalue weighted by molar-refractivity contribution is 0.103. The van der Waals surface area contributed by atoms with Crippen molar-refractivity contribution in [2.24, 2.45) is 0 Å². The van der Waals surface area contributed by atoms with Gasteiger partial charge in [-0.05, 0) is 35.9 Å². The summed E-state index contributed by atoms with van der Waals surface area (Å²) in [5, 5.41) is 0.831. The van der Waals surface area contributed by atoms with Crippen LogP contribution in [0, 0.1) is 5.82 Å². The molecule has 0 aliphatic carbocycles. The van der Waals surface area contributed by atoms with Gasteiger partial charge in [0.05, 0.1) is 5.56 Å². The number of halogens is 2. The molecule has 0 bridgehead atoms. The minimum atomic E-state index is -0.498. The van der Waals surface area contributed by atoms with Crippen LogP contribution >= 0.6 is 15.9 Å². The van der Waals surface area contributed by atoms with Gasteiger partial charge in [0, 0.05) is 33.7 Å². The Balaban J connectivity index is 1.80. The summed E-state index contributed by atoms with van der Waals surface area (Å²) >= 11 is 3.44. The van der Waals surface area contributed by atoms with Gasteiger partial charge in [-0.1, -0.05) is 58.4 Å². The predicted molar refractivity (Wildman–Crippen MR) is 105 cm³/mol. The van der Waals surface area contributed by atoms with Gasteiger partial charge in [-0.2, -0.15) is 0 Å². The fourth-order valence-corrected chi connectivity index (χ4v) is 3.40. The number of carbonyl (C=O) groups is 1. The zero-order chi connectivity index (χ0) is 18.1. The van der Waals surface area contributed by atoms with Crippen LogP contribution in [-0.2, 0) is 6.54 Å². The standard InChI is InChI=1S/C22H15BrFNO/c23-16-11-9-15(10-12-16)13-25-14-19(17-5-2-4-8-21(17)25)22(26)18-6-1-3-7-20(18)24/h1-12,14H,13H2. The maximum atomic E-state index is 14.1. The van der Waals surface area contributed by atoms with E-state index in [0.717, 1.165) is 20.9 Å². The molecule has 3 aromatic carbocycles. The quantitative estimate of drug-likeness (QED) is 0.390. The number of carbonyl (C=O) groups excluding carboxylic acids is 1. The Morgan fingerprint density at radius 1 is 0.885 bits per heavy atom. The third kappa shape index (κ3) is 3.08. The van der Waals surface area contributed by atoms with Crippen molar-refractivity contribution in [1.29, 1.82) is 0 Å². The van der Waals surface area contributed by atoms with Crippen molar-refractivity contribution in [2.45, 2.75) is 6.54 Å². The first-order valence-corrected chi connectivity index (χ1v) is 9.04. The number of nitrogens with zero attached hydrogens (tertiary/aromatic N) is 1. The molecule has 0 atom stereocenters. The molecule has 0 fully saturated rings. The van der Waals surface area contributed by atoms with Crippen LogP contribution in [0.25, 0.3) is 10.9 Å². The van der Waals surface area contributed by atoms with Crippen molar-refractivity contribution in [2.75, 3.05) is 0 Å². The molecule has 0 aliphatic rings. The Kier molecular flexibility index (Phi) is 4.43. The lowest BCUT2D eigenvalue weighted by atomic mass is 10.0. The normalized spacial score (nSPS) is 11.0. The highest BCUT2D eigenvalue weighted by atomic mass is 79.9. The van der Waals surface area contributed by atoms with Crippen LogP contribution in [0.2, 0.25) is 0 Å². The number of hydrogen-bond acceptors (Lipinski definition) is 1. The summed E-state index contributed by atoms with van der Waals surface area (Å²) in [6, 6.07) is 21.9. The number of hydrogen-bond donors (Lipinski definition) is 0. The van der Waals surface area contributed by atoms with Crippen LogP contribution in [0.3, 0.4) is 0 Å². The summed E-state index contributed by atoms with van der Waals surface area (Å²) in [6.45, 7) is 0.637. The van der Waals surface area contributed by atoms with Gasteiger partial charge in [0.2, 0.25) is 0 Å². The van der Waals surface area contributed by atoms with Crippen LogP contribution < -0.4 is 0 Å². The molecular weight excluding hydrogens is 393 g/mol. The Morgan fingerprint density at radius 2 is 1.58 bits per heavy atom. The molecule has 2 nitrogen and oxygen atoms in total. The molecule has 0 unspecified atom stereocenters. The summed E-state index contributed by atoms with van der Waals surface area (Å²) in [5.41, 5.74) is 2.69. The predicted octanol–water partition coefficient (Wildman–Crippen LogP) is 5.82.